The molecule has 150 valence electrons. The first-order valence-corrected chi connectivity index (χ1v) is 8.90. The van der Waals surface area contributed by atoms with E-state index < -0.39 is 11.9 Å². The first-order valence-electron chi connectivity index (χ1n) is 8.14. The van der Waals surface area contributed by atoms with E-state index in [9.17, 15) is 14.9 Å². The number of anilines is 1. The van der Waals surface area contributed by atoms with Gasteiger partial charge in [-0.2, -0.15) is 5.26 Å². The third-order valence-electron chi connectivity index (χ3n) is 3.64. The van der Waals surface area contributed by atoms with Gasteiger partial charge in [0.15, 0.2) is 18.1 Å². The summed E-state index contributed by atoms with van der Waals surface area (Å²) in [6.07, 6.45) is 1.38. The van der Waals surface area contributed by atoms with Crippen LogP contribution in [0, 0.1) is 11.3 Å². The zero-order valence-corrected chi connectivity index (χ0v) is 17.0. The van der Waals surface area contributed by atoms with Crippen molar-refractivity contribution < 1.29 is 23.8 Å². The molecule has 0 unspecified atom stereocenters. The van der Waals surface area contributed by atoms with E-state index >= 15 is 0 Å². The second-order valence-electron chi connectivity index (χ2n) is 5.50. The molecule has 1 N–H and O–H groups in total. The van der Waals surface area contributed by atoms with Crippen molar-refractivity contribution in [1.82, 2.24) is 0 Å². The zero-order valence-electron chi connectivity index (χ0n) is 15.5. The van der Waals surface area contributed by atoms with Crippen LogP contribution in [0.2, 0.25) is 10.0 Å². The van der Waals surface area contributed by atoms with Crippen LogP contribution in [0.3, 0.4) is 0 Å². The van der Waals surface area contributed by atoms with Crippen LogP contribution in [-0.4, -0.2) is 32.7 Å². The summed E-state index contributed by atoms with van der Waals surface area (Å²) in [5.41, 5.74) is 0.636. The molecule has 0 heterocycles. The van der Waals surface area contributed by atoms with Crippen LogP contribution in [-0.2, 0) is 14.3 Å². The Balaban J connectivity index is 2.23. The molecule has 7 nitrogen and oxygen atoms in total. The molecule has 0 fully saturated rings. The van der Waals surface area contributed by atoms with Crippen molar-refractivity contribution in [1.29, 1.82) is 5.26 Å². The number of esters is 1. The number of halogens is 2. The SMILES string of the molecule is COC(=O)COc1ccc(/C=C(/C#N)C(=O)Nc2cccc(Cl)c2Cl)cc1OC. The summed E-state index contributed by atoms with van der Waals surface area (Å²) >= 11 is 12.0. The molecule has 1 amide bonds. The number of nitriles is 1. The number of rotatable bonds is 7. The molecule has 2 rings (SSSR count). The van der Waals surface area contributed by atoms with Crippen molar-refractivity contribution >= 4 is 46.8 Å². The maximum atomic E-state index is 12.4. The van der Waals surface area contributed by atoms with Gasteiger partial charge in [-0.15, -0.1) is 0 Å². The number of amides is 1. The lowest BCUT2D eigenvalue weighted by molar-refractivity contribution is -0.142. The standard InChI is InChI=1S/C20H16Cl2N2O5/c1-27-17-9-12(6-7-16(17)29-11-18(25)28-2)8-13(10-23)20(26)24-15-5-3-4-14(21)19(15)22/h3-9H,11H2,1-2H3,(H,24,26)/b13-8-. The van der Waals surface area contributed by atoms with Gasteiger partial charge in [0.1, 0.15) is 11.6 Å². The molecule has 0 radical (unpaired) electrons. The first kappa shape index (κ1) is 22.1. The van der Waals surface area contributed by atoms with Crippen molar-refractivity contribution in [3.63, 3.8) is 0 Å². The molecule has 0 aliphatic heterocycles. The normalized spacial score (nSPS) is 10.7. The van der Waals surface area contributed by atoms with Crippen LogP contribution in [0.25, 0.3) is 6.08 Å². The number of hydrogen-bond donors (Lipinski definition) is 1. The number of ether oxygens (including phenoxy) is 3. The second kappa shape index (κ2) is 10.4. The van der Waals surface area contributed by atoms with Crippen molar-refractivity contribution in [2.75, 3.05) is 26.1 Å². The zero-order chi connectivity index (χ0) is 21.4. The lowest BCUT2D eigenvalue weighted by Crippen LogP contribution is -2.14. The predicted molar refractivity (Wildman–Crippen MR) is 109 cm³/mol. The molecule has 0 aliphatic rings. The Morgan fingerprint density at radius 1 is 1.17 bits per heavy atom. The molecule has 0 aromatic heterocycles. The molecule has 2 aromatic rings. The van der Waals surface area contributed by atoms with Gasteiger partial charge in [-0.25, -0.2) is 4.79 Å². The van der Waals surface area contributed by atoms with Gasteiger partial charge in [0.05, 0.1) is 30.0 Å². The van der Waals surface area contributed by atoms with Crippen molar-refractivity contribution in [2.45, 2.75) is 0 Å². The molecule has 2 aromatic carbocycles. The molecule has 0 spiro atoms. The monoisotopic (exact) mass is 434 g/mol. The van der Waals surface area contributed by atoms with Crippen LogP contribution in [0.5, 0.6) is 11.5 Å². The summed E-state index contributed by atoms with van der Waals surface area (Å²) in [7, 11) is 2.68. The van der Waals surface area contributed by atoms with E-state index in [1.54, 1.807) is 36.4 Å². The Morgan fingerprint density at radius 2 is 1.93 bits per heavy atom. The Hall–Kier alpha value is -3.21. The number of benzene rings is 2. The Labute approximate surface area is 177 Å². The van der Waals surface area contributed by atoms with Gasteiger partial charge >= 0.3 is 5.97 Å². The van der Waals surface area contributed by atoms with Crippen LogP contribution in [0.15, 0.2) is 42.0 Å². The minimum atomic E-state index is -0.651. The van der Waals surface area contributed by atoms with Gasteiger partial charge in [0.2, 0.25) is 0 Å². The number of hydrogen-bond acceptors (Lipinski definition) is 6. The number of nitrogens with one attached hydrogen (secondary N) is 1. The quantitative estimate of drug-likeness (QED) is 0.400. The molecule has 0 saturated heterocycles. The second-order valence-corrected chi connectivity index (χ2v) is 6.29. The van der Waals surface area contributed by atoms with Crippen molar-refractivity contribution in [3.8, 4) is 17.6 Å². The summed E-state index contributed by atoms with van der Waals surface area (Å²) < 4.78 is 15.1. The molecular formula is C20H16Cl2N2O5. The summed E-state index contributed by atoms with van der Waals surface area (Å²) in [4.78, 5) is 23.6. The van der Waals surface area contributed by atoms with Crippen molar-refractivity contribution in [3.05, 3.63) is 57.6 Å². The summed E-state index contributed by atoms with van der Waals surface area (Å²) in [6, 6.07) is 11.3. The number of carbonyl (C=O) groups excluding carboxylic acids is 2. The van der Waals surface area contributed by atoms with E-state index in [1.807, 2.05) is 6.07 Å². The number of carbonyl (C=O) groups is 2. The van der Waals surface area contributed by atoms with Crippen LogP contribution in [0.1, 0.15) is 5.56 Å². The molecule has 29 heavy (non-hydrogen) atoms. The van der Waals surface area contributed by atoms with E-state index in [0.717, 1.165) is 0 Å². The summed E-state index contributed by atoms with van der Waals surface area (Å²) in [6.45, 7) is -0.283. The molecule has 0 atom stereocenters. The minimum absolute atomic E-state index is 0.161. The van der Waals surface area contributed by atoms with E-state index in [2.05, 4.69) is 10.1 Å². The third kappa shape index (κ3) is 5.88. The van der Waals surface area contributed by atoms with Gasteiger partial charge in [-0.05, 0) is 35.9 Å². The highest BCUT2D eigenvalue weighted by molar-refractivity contribution is 6.44. The highest BCUT2D eigenvalue weighted by atomic mass is 35.5. The maximum absolute atomic E-state index is 12.4. The molecule has 0 bridgehead atoms. The van der Waals surface area contributed by atoms with Gasteiger partial charge < -0.3 is 19.5 Å². The average Bonchev–Trinajstić information content (AvgIpc) is 2.73. The Kier molecular flexibility index (Phi) is 7.89. The molecule has 0 aliphatic carbocycles. The van der Waals surface area contributed by atoms with E-state index in [4.69, 9.17) is 32.7 Å². The average molecular weight is 435 g/mol. The van der Waals surface area contributed by atoms with Gasteiger partial charge in [0, 0.05) is 0 Å². The van der Waals surface area contributed by atoms with Crippen LogP contribution in [0.4, 0.5) is 5.69 Å². The van der Waals surface area contributed by atoms with Crippen molar-refractivity contribution in [2.24, 2.45) is 0 Å². The summed E-state index contributed by atoms with van der Waals surface area (Å²) in [5, 5.41) is 12.4. The van der Waals surface area contributed by atoms with E-state index in [-0.39, 0.29) is 27.9 Å². The highest BCUT2D eigenvalue weighted by Crippen LogP contribution is 2.31. The minimum Gasteiger partial charge on any atom is -0.493 e. The fourth-order valence-corrected chi connectivity index (χ4v) is 2.54. The largest absolute Gasteiger partial charge is 0.493 e. The van der Waals surface area contributed by atoms with Gasteiger partial charge in [-0.3, -0.25) is 4.79 Å². The number of methoxy groups -OCH3 is 2. The first-order chi connectivity index (χ1) is 13.9. The topological polar surface area (TPSA) is 97.7 Å². The van der Waals surface area contributed by atoms with Gasteiger partial charge in [-0.1, -0.05) is 35.3 Å². The third-order valence-corrected chi connectivity index (χ3v) is 4.46. The Bertz CT molecular complexity index is 999. The maximum Gasteiger partial charge on any atom is 0.343 e. The smallest absolute Gasteiger partial charge is 0.343 e. The lowest BCUT2D eigenvalue weighted by Gasteiger charge is -2.11. The molecule has 0 saturated carbocycles. The Morgan fingerprint density at radius 3 is 2.59 bits per heavy atom. The van der Waals surface area contributed by atoms with E-state index in [0.29, 0.717) is 17.1 Å². The van der Waals surface area contributed by atoms with E-state index in [1.165, 1.54) is 20.3 Å². The number of nitrogens with zero attached hydrogens (tertiary/aromatic N) is 1. The fraction of sp³-hybridized carbons (Fsp3) is 0.150. The van der Waals surface area contributed by atoms with Crippen LogP contribution < -0.4 is 14.8 Å². The van der Waals surface area contributed by atoms with Gasteiger partial charge in [0.25, 0.3) is 5.91 Å². The predicted octanol–water partition coefficient (Wildman–Crippen LogP) is 4.10. The van der Waals surface area contributed by atoms with Crippen LogP contribution >= 0.6 is 23.2 Å². The summed E-state index contributed by atoms with van der Waals surface area (Å²) in [5.74, 6) is -0.567. The highest BCUT2D eigenvalue weighted by Gasteiger charge is 2.14. The molecule has 9 heteroatoms. The lowest BCUT2D eigenvalue weighted by atomic mass is 10.1. The fourth-order valence-electron chi connectivity index (χ4n) is 2.19. The molecular weight excluding hydrogens is 419 g/mol.